The van der Waals surface area contributed by atoms with Crippen molar-refractivity contribution in [3.63, 3.8) is 0 Å². The molecular formula is C20H21ClF3NO2. The van der Waals surface area contributed by atoms with Crippen LogP contribution in [0.4, 0.5) is 18.9 Å². The van der Waals surface area contributed by atoms with Crippen LogP contribution in [-0.4, -0.2) is 11.0 Å². The molecule has 0 unspecified atom stereocenters. The van der Waals surface area contributed by atoms with Gasteiger partial charge in [0, 0.05) is 16.3 Å². The van der Waals surface area contributed by atoms with E-state index < -0.39 is 23.1 Å². The number of aryl methyl sites for hydroxylation is 1. The molecule has 0 spiro atoms. The monoisotopic (exact) mass is 399 g/mol. The summed E-state index contributed by atoms with van der Waals surface area (Å²) in [6.07, 6.45) is -4.53. The van der Waals surface area contributed by atoms with Gasteiger partial charge in [0.1, 0.15) is 5.75 Å². The quantitative estimate of drug-likeness (QED) is 0.628. The molecule has 0 aromatic heterocycles. The van der Waals surface area contributed by atoms with Crippen molar-refractivity contribution in [3.8, 4) is 5.75 Å². The van der Waals surface area contributed by atoms with Crippen LogP contribution in [0.5, 0.6) is 5.75 Å². The summed E-state index contributed by atoms with van der Waals surface area (Å²) in [4.78, 5) is 12.7. The predicted octanol–water partition coefficient (Wildman–Crippen LogP) is 6.23. The molecular weight excluding hydrogens is 379 g/mol. The van der Waals surface area contributed by atoms with Gasteiger partial charge >= 0.3 is 6.18 Å². The van der Waals surface area contributed by atoms with E-state index in [9.17, 15) is 23.1 Å². The minimum absolute atomic E-state index is 0.0194. The summed E-state index contributed by atoms with van der Waals surface area (Å²) in [6.45, 7) is 8.47. The van der Waals surface area contributed by atoms with E-state index in [1.165, 1.54) is 19.1 Å². The summed E-state index contributed by atoms with van der Waals surface area (Å²) in [5.74, 6) is -0.958. The lowest BCUT2D eigenvalue weighted by Gasteiger charge is -2.23. The van der Waals surface area contributed by atoms with Crippen LogP contribution < -0.4 is 5.32 Å². The molecule has 2 rings (SSSR count). The van der Waals surface area contributed by atoms with Crippen LogP contribution in [0.2, 0.25) is 5.02 Å². The second-order valence-corrected chi connectivity index (χ2v) is 7.89. The number of benzene rings is 2. The topological polar surface area (TPSA) is 49.3 Å². The number of amides is 1. The lowest BCUT2D eigenvalue weighted by Crippen LogP contribution is -2.18. The Kier molecular flexibility index (Phi) is 5.53. The van der Waals surface area contributed by atoms with Gasteiger partial charge in [-0.2, -0.15) is 13.2 Å². The highest BCUT2D eigenvalue weighted by molar-refractivity contribution is 6.32. The van der Waals surface area contributed by atoms with Crippen LogP contribution in [0.1, 0.15) is 53.4 Å². The molecule has 3 nitrogen and oxygen atoms in total. The van der Waals surface area contributed by atoms with Gasteiger partial charge < -0.3 is 10.4 Å². The Morgan fingerprint density at radius 1 is 1.07 bits per heavy atom. The maximum absolute atomic E-state index is 13.1. The molecule has 0 saturated carbocycles. The number of hydrogen-bond acceptors (Lipinski definition) is 2. The second-order valence-electron chi connectivity index (χ2n) is 7.49. The third kappa shape index (κ3) is 4.38. The fourth-order valence-electron chi connectivity index (χ4n) is 2.78. The first kappa shape index (κ1) is 21.1. The van der Waals surface area contributed by atoms with E-state index >= 15 is 0 Å². The number of phenols is 1. The third-order valence-corrected chi connectivity index (χ3v) is 4.72. The molecule has 0 bridgehead atoms. The average molecular weight is 400 g/mol. The summed E-state index contributed by atoms with van der Waals surface area (Å²) in [7, 11) is 0. The zero-order valence-corrected chi connectivity index (χ0v) is 16.4. The van der Waals surface area contributed by atoms with Gasteiger partial charge in [-0.3, -0.25) is 4.79 Å². The first-order chi connectivity index (χ1) is 12.2. The van der Waals surface area contributed by atoms with E-state index in [-0.39, 0.29) is 22.6 Å². The number of hydrogen-bond donors (Lipinski definition) is 2. The normalized spacial score (nSPS) is 12.2. The Balaban J connectivity index is 2.50. The molecule has 0 heterocycles. The Labute approximate surface area is 161 Å². The Morgan fingerprint density at radius 3 is 2.19 bits per heavy atom. The second kappa shape index (κ2) is 7.08. The smallest absolute Gasteiger partial charge is 0.416 e. The molecule has 0 fully saturated rings. The average Bonchev–Trinajstić information content (AvgIpc) is 2.50. The molecule has 2 aromatic carbocycles. The van der Waals surface area contributed by atoms with Gasteiger partial charge in [-0.15, -0.1) is 0 Å². The van der Waals surface area contributed by atoms with Crippen molar-refractivity contribution in [3.05, 3.63) is 57.1 Å². The zero-order valence-electron chi connectivity index (χ0n) is 15.7. The van der Waals surface area contributed by atoms with Crippen LogP contribution >= 0.6 is 11.6 Å². The van der Waals surface area contributed by atoms with E-state index in [0.29, 0.717) is 16.1 Å². The lowest BCUT2D eigenvalue weighted by molar-refractivity contribution is -0.138. The number of rotatable bonds is 2. The number of aromatic hydroxyl groups is 1. The van der Waals surface area contributed by atoms with Crippen LogP contribution in [0, 0.1) is 13.8 Å². The van der Waals surface area contributed by atoms with Crippen LogP contribution in [0.3, 0.4) is 0 Å². The van der Waals surface area contributed by atoms with E-state index in [0.717, 1.165) is 6.07 Å². The van der Waals surface area contributed by atoms with Gasteiger partial charge in [0.05, 0.1) is 11.1 Å². The maximum atomic E-state index is 13.1. The molecule has 0 aliphatic rings. The van der Waals surface area contributed by atoms with Crippen molar-refractivity contribution in [2.75, 3.05) is 5.32 Å². The van der Waals surface area contributed by atoms with Gasteiger partial charge in [-0.1, -0.05) is 38.4 Å². The van der Waals surface area contributed by atoms with E-state index in [2.05, 4.69) is 5.32 Å². The first-order valence-electron chi connectivity index (χ1n) is 8.25. The molecule has 0 radical (unpaired) electrons. The molecule has 0 aliphatic heterocycles. The summed E-state index contributed by atoms with van der Waals surface area (Å²) in [5, 5.41) is 13.3. The van der Waals surface area contributed by atoms with Gasteiger partial charge in [0.25, 0.3) is 5.91 Å². The minimum Gasteiger partial charge on any atom is -0.507 e. The molecule has 7 heteroatoms. The molecule has 0 aliphatic carbocycles. The van der Waals surface area contributed by atoms with Crippen molar-refractivity contribution in [2.45, 2.75) is 46.2 Å². The van der Waals surface area contributed by atoms with Crippen molar-refractivity contribution in [1.29, 1.82) is 0 Å². The molecule has 1 amide bonds. The predicted molar refractivity (Wildman–Crippen MR) is 101 cm³/mol. The Hall–Kier alpha value is -2.21. The van der Waals surface area contributed by atoms with Crippen LogP contribution in [-0.2, 0) is 11.6 Å². The SMILES string of the molecule is Cc1ccc(NC(=O)c2c(C)c(Cl)cc(C(C)(C)C)c2O)cc1C(F)(F)F. The summed E-state index contributed by atoms with van der Waals surface area (Å²) < 4.78 is 39.3. The number of nitrogens with one attached hydrogen (secondary N) is 1. The number of carbonyl (C=O) groups excluding carboxylic acids is 1. The maximum Gasteiger partial charge on any atom is 0.416 e. The van der Waals surface area contributed by atoms with E-state index in [4.69, 9.17) is 11.6 Å². The molecule has 0 atom stereocenters. The largest absolute Gasteiger partial charge is 0.507 e. The standard InChI is InChI=1S/C20H21ClF3NO2/c1-10-6-7-12(8-13(10)20(22,23)24)25-18(27)16-11(2)15(21)9-14(17(16)26)19(3,4)5/h6-9,26H,1-5H3,(H,25,27). The van der Waals surface area contributed by atoms with E-state index in [1.807, 2.05) is 20.8 Å². The summed E-state index contributed by atoms with van der Waals surface area (Å²) in [6, 6.07) is 5.12. The van der Waals surface area contributed by atoms with E-state index in [1.54, 1.807) is 13.0 Å². The number of alkyl halides is 3. The fraction of sp³-hybridized carbons (Fsp3) is 0.350. The molecule has 146 valence electrons. The van der Waals surface area contributed by atoms with Crippen molar-refractivity contribution >= 4 is 23.2 Å². The Morgan fingerprint density at radius 2 is 1.67 bits per heavy atom. The molecule has 2 aromatic rings. The highest BCUT2D eigenvalue weighted by Gasteiger charge is 2.33. The van der Waals surface area contributed by atoms with Crippen molar-refractivity contribution in [2.24, 2.45) is 0 Å². The number of anilines is 1. The van der Waals surface area contributed by atoms with Gasteiger partial charge in [0.2, 0.25) is 0 Å². The molecule has 0 saturated heterocycles. The third-order valence-electron chi connectivity index (χ3n) is 4.33. The van der Waals surface area contributed by atoms with Gasteiger partial charge in [-0.05, 0) is 48.6 Å². The lowest BCUT2D eigenvalue weighted by atomic mass is 9.84. The highest BCUT2D eigenvalue weighted by Crippen LogP contribution is 2.39. The molecule has 2 N–H and O–H groups in total. The molecule has 27 heavy (non-hydrogen) atoms. The van der Waals surface area contributed by atoms with Gasteiger partial charge in [-0.25, -0.2) is 0 Å². The van der Waals surface area contributed by atoms with Crippen LogP contribution in [0.15, 0.2) is 24.3 Å². The fourth-order valence-corrected chi connectivity index (χ4v) is 2.99. The summed E-state index contributed by atoms with van der Waals surface area (Å²) >= 11 is 6.21. The van der Waals surface area contributed by atoms with Gasteiger partial charge in [0.15, 0.2) is 0 Å². The Bertz CT molecular complexity index is 900. The minimum atomic E-state index is -4.53. The van der Waals surface area contributed by atoms with Crippen molar-refractivity contribution < 1.29 is 23.1 Å². The first-order valence-corrected chi connectivity index (χ1v) is 8.63. The highest BCUT2D eigenvalue weighted by atomic mass is 35.5. The number of phenolic OH excluding ortho intramolecular Hbond substituents is 1. The van der Waals surface area contributed by atoms with Crippen LogP contribution in [0.25, 0.3) is 0 Å². The zero-order chi connectivity index (χ0) is 20.7. The number of carbonyl (C=O) groups is 1. The van der Waals surface area contributed by atoms with Crippen molar-refractivity contribution in [1.82, 2.24) is 0 Å². The number of halogens is 4. The summed E-state index contributed by atoms with van der Waals surface area (Å²) in [5.41, 5.74) is -0.509.